The number of alkyl halides is 1. The first-order valence-corrected chi connectivity index (χ1v) is 12.7. The number of nitrogens with two attached hydrogens (primary N) is 1. The summed E-state index contributed by atoms with van der Waals surface area (Å²) in [4.78, 5) is 39.2. The quantitative estimate of drug-likeness (QED) is 0.156. The monoisotopic (exact) mass is 531 g/mol. The zero-order valence-corrected chi connectivity index (χ0v) is 18.4. The first kappa shape index (κ1) is 26.6. The summed E-state index contributed by atoms with van der Waals surface area (Å²) in [5.74, 6) is -0.00667. The highest BCUT2D eigenvalue weighted by Gasteiger charge is 2.57. The zero-order valence-electron chi connectivity index (χ0n) is 14.9. The number of rotatable bonds is 9. The Morgan fingerprint density at radius 3 is 2.39 bits per heavy atom. The van der Waals surface area contributed by atoms with Crippen molar-refractivity contribution in [2.24, 2.45) is 0 Å². The summed E-state index contributed by atoms with van der Waals surface area (Å²) in [6.07, 6.45) is -4.31. The lowest BCUT2D eigenvalue weighted by Crippen LogP contribution is -2.49. The van der Waals surface area contributed by atoms with Gasteiger partial charge in [-0.25, -0.2) is 23.1 Å². The summed E-state index contributed by atoms with van der Waals surface area (Å²) >= 11 is 4.94. The highest BCUT2D eigenvalue weighted by atomic mass is 32.1. The van der Waals surface area contributed by atoms with Crippen molar-refractivity contribution in [1.82, 2.24) is 9.55 Å². The topological polar surface area (TPSA) is 253 Å². The van der Waals surface area contributed by atoms with Gasteiger partial charge >= 0.3 is 23.5 Å². The van der Waals surface area contributed by atoms with Crippen molar-refractivity contribution >= 4 is 41.5 Å². The minimum atomic E-state index is -5.77. The van der Waals surface area contributed by atoms with E-state index in [4.69, 9.17) is 37.4 Å². The van der Waals surface area contributed by atoms with Gasteiger partial charge in [-0.05, 0) is 18.3 Å². The van der Waals surface area contributed by atoms with E-state index in [2.05, 4.69) is 18.1 Å². The number of hydrogen-bond donors (Lipinski definition) is 7. The van der Waals surface area contributed by atoms with Crippen LogP contribution in [0.2, 0.25) is 0 Å². The molecule has 0 radical (unpaired) electrons. The molecule has 31 heavy (non-hydrogen) atoms. The highest BCUT2D eigenvalue weighted by molar-refractivity contribution is 7.71. The highest BCUT2D eigenvalue weighted by Crippen LogP contribution is 2.66. The maximum Gasteiger partial charge on any atom is 0.490 e. The number of aliphatic hydroxyl groups excluding tert-OH is 1. The molecule has 1 fully saturated rings. The maximum absolute atomic E-state index is 13.6. The van der Waals surface area contributed by atoms with Gasteiger partial charge < -0.3 is 40.3 Å². The van der Waals surface area contributed by atoms with Crippen LogP contribution in [0.4, 0.5) is 10.2 Å². The molecule has 0 amide bonds. The molecule has 6 atom stereocenters. The average Bonchev–Trinajstić information content (AvgIpc) is 2.82. The Morgan fingerprint density at radius 2 is 1.87 bits per heavy atom. The van der Waals surface area contributed by atoms with E-state index in [0.717, 1.165) is 4.57 Å². The second kappa shape index (κ2) is 9.29. The van der Waals surface area contributed by atoms with Gasteiger partial charge in [0.25, 0.3) is 0 Å². The van der Waals surface area contributed by atoms with E-state index in [1.165, 1.54) is 12.3 Å². The molecule has 0 saturated carbocycles. The Hall–Kier alpha value is -0.680. The molecule has 2 rings (SSSR count). The van der Waals surface area contributed by atoms with Crippen molar-refractivity contribution in [3.05, 3.63) is 17.0 Å². The lowest BCUT2D eigenvalue weighted by Gasteiger charge is -2.29. The fraction of sp³-hybridized carbons (Fsp3) is 0.600. The lowest BCUT2D eigenvalue weighted by molar-refractivity contribution is -0.120. The van der Waals surface area contributed by atoms with Gasteiger partial charge in [0, 0.05) is 6.20 Å². The van der Waals surface area contributed by atoms with E-state index in [9.17, 15) is 33.2 Å². The molecule has 1 aliphatic rings. The van der Waals surface area contributed by atoms with Crippen LogP contribution in [0.5, 0.6) is 0 Å². The molecule has 0 bridgehead atoms. The molecule has 0 aliphatic carbocycles. The number of halogens is 1. The number of anilines is 1. The van der Waals surface area contributed by atoms with Crippen LogP contribution in [0.15, 0.2) is 12.3 Å². The maximum atomic E-state index is 13.6. The predicted octanol–water partition coefficient (Wildman–Crippen LogP) is -0.503. The molecule has 0 spiro atoms. The Morgan fingerprint density at radius 1 is 1.26 bits per heavy atom. The van der Waals surface area contributed by atoms with Crippen molar-refractivity contribution in [1.29, 1.82) is 0 Å². The number of nitrogens with zero attached hydrogens (tertiary/aromatic N) is 2. The van der Waals surface area contributed by atoms with Crippen molar-refractivity contribution in [2.45, 2.75) is 24.0 Å². The minimum Gasteiger partial charge on any atom is -0.387 e. The Bertz CT molecular complexity index is 1020. The third kappa shape index (κ3) is 6.66. The van der Waals surface area contributed by atoms with Gasteiger partial charge in [-0.3, -0.25) is 9.09 Å². The molecule has 2 heterocycles. The number of aromatic nitrogens is 2. The van der Waals surface area contributed by atoms with E-state index in [1.807, 2.05) is 0 Å². The van der Waals surface area contributed by atoms with E-state index in [0.29, 0.717) is 0 Å². The molecule has 1 aromatic heterocycles. The molecule has 178 valence electrons. The van der Waals surface area contributed by atoms with Crippen molar-refractivity contribution < 1.29 is 65.8 Å². The molecule has 1 aliphatic heterocycles. The van der Waals surface area contributed by atoms with Gasteiger partial charge in [0.05, 0.1) is 6.61 Å². The van der Waals surface area contributed by atoms with Crippen LogP contribution in [0.25, 0.3) is 0 Å². The van der Waals surface area contributed by atoms with Crippen LogP contribution in [0.1, 0.15) is 6.23 Å². The minimum absolute atomic E-state index is 0.00667. The normalized spacial score (nSPS) is 30.6. The number of phosphoric ester groups is 1. The van der Waals surface area contributed by atoms with Gasteiger partial charge in [-0.15, -0.1) is 0 Å². The zero-order chi connectivity index (χ0) is 23.8. The molecule has 8 N–H and O–H groups in total. The van der Waals surface area contributed by atoms with E-state index in [-0.39, 0.29) is 10.6 Å². The molecule has 1 saturated heterocycles. The van der Waals surface area contributed by atoms with E-state index in [1.54, 1.807) is 0 Å². The van der Waals surface area contributed by atoms with Crippen LogP contribution < -0.4 is 5.73 Å². The summed E-state index contributed by atoms with van der Waals surface area (Å²) in [6.45, 7) is -2.70. The Balaban J connectivity index is 2.17. The Labute approximate surface area is 177 Å². The number of ether oxygens (including phenoxy) is 1. The van der Waals surface area contributed by atoms with Gasteiger partial charge in [-0.1, -0.05) is 0 Å². The average molecular weight is 531 g/mol. The van der Waals surface area contributed by atoms with Crippen molar-refractivity contribution in [2.75, 3.05) is 19.0 Å². The number of hydrogen-bond acceptors (Lipinski definition) is 12. The van der Waals surface area contributed by atoms with E-state index >= 15 is 0 Å². The summed E-state index contributed by atoms with van der Waals surface area (Å²) in [5, 5.41) is 20.7. The molecule has 3 unspecified atom stereocenters. The fourth-order valence-corrected chi connectivity index (χ4v) is 5.77. The standard InChI is InChI=1S/C10H17FN3O13P3S/c11-4-10(16)7(15)5(25-8(10)14-2-1-6(12)13-9(14)31)3-24-29(20,21)27-30(22,23)26-28(17,18)19/h1-2,5,7-8,15-16H,3-4H2,(H,20,21)(H,22,23)(H2,12,13,31)(H2,17,18,19)/t5-,7+,8-,10?/m1/s1. The molecule has 1 aromatic rings. The van der Waals surface area contributed by atoms with Crippen molar-refractivity contribution in [3.63, 3.8) is 0 Å². The number of phosphoric acid groups is 3. The van der Waals surface area contributed by atoms with Crippen LogP contribution in [-0.4, -0.2) is 70.4 Å². The third-order valence-corrected chi connectivity index (χ3v) is 7.84. The van der Waals surface area contributed by atoms with Gasteiger partial charge in [-0.2, -0.15) is 8.62 Å². The Kier molecular flexibility index (Phi) is 7.96. The fourth-order valence-electron chi connectivity index (χ4n) is 2.48. The SMILES string of the molecule is Nc1ccn([C@@H]2O[C@H](COP(=O)(O)OP(=O)(O)OP(=O)(O)O)[C@H](O)C2(O)CF)c(=S)n1. The van der Waals surface area contributed by atoms with Crippen LogP contribution in [0, 0.1) is 4.77 Å². The predicted molar refractivity (Wildman–Crippen MR) is 98.1 cm³/mol. The largest absolute Gasteiger partial charge is 0.490 e. The third-order valence-electron chi connectivity index (χ3n) is 3.73. The van der Waals surface area contributed by atoms with Gasteiger partial charge in [0.1, 0.15) is 24.7 Å². The second-order valence-corrected chi connectivity index (χ2v) is 10.8. The van der Waals surface area contributed by atoms with Crippen LogP contribution >= 0.6 is 35.7 Å². The summed E-state index contributed by atoms with van der Waals surface area (Å²) in [5.41, 5.74) is 2.83. The summed E-state index contributed by atoms with van der Waals surface area (Å²) < 4.78 is 64.6. The van der Waals surface area contributed by atoms with Crippen molar-refractivity contribution in [3.8, 4) is 0 Å². The molecule has 0 aromatic carbocycles. The van der Waals surface area contributed by atoms with Crippen LogP contribution in [-0.2, 0) is 31.6 Å². The summed E-state index contributed by atoms with van der Waals surface area (Å²) in [6, 6.07) is 1.23. The number of nitrogen functional groups attached to an aromatic ring is 1. The first-order valence-electron chi connectivity index (χ1n) is 7.74. The number of aliphatic hydroxyl groups is 2. The van der Waals surface area contributed by atoms with Crippen LogP contribution in [0.3, 0.4) is 0 Å². The second-order valence-electron chi connectivity index (χ2n) is 6.03. The molecule has 16 nitrogen and oxygen atoms in total. The molecular weight excluding hydrogens is 514 g/mol. The first-order chi connectivity index (χ1) is 14.0. The van der Waals surface area contributed by atoms with E-state index < -0.39 is 60.8 Å². The van der Waals surface area contributed by atoms with Gasteiger partial charge in [0.15, 0.2) is 11.8 Å². The smallest absolute Gasteiger partial charge is 0.387 e. The molecule has 21 heteroatoms. The lowest BCUT2D eigenvalue weighted by atomic mass is 9.95. The summed E-state index contributed by atoms with van der Waals surface area (Å²) in [7, 11) is -16.9. The van der Waals surface area contributed by atoms with Gasteiger partial charge in [0.2, 0.25) is 4.77 Å². The molecular formula is C10H17FN3O13P3S.